The van der Waals surface area contributed by atoms with E-state index in [1.807, 2.05) is 74.5 Å². The van der Waals surface area contributed by atoms with Gasteiger partial charge in [0.15, 0.2) is 13.5 Å². The number of benzene rings is 3. The number of ether oxygens (including phenoxy) is 7. The van der Waals surface area contributed by atoms with Crippen molar-refractivity contribution in [3.8, 4) is 0 Å². The van der Waals surface area contributed by atoms with Crippen LogP contribution in [-0.4, -0.2) is 199 Å². The molecule has 6 unspecified atom stereocenters. The second-order valence-corrected chi connectivity index (χ2v) is 37.6. The predicted octanol–water partition coefficient (Wildman–Crippen LogP) is 28.3. The third-order valence-electron chi connectivity index (χ3n) is 20.1. The van der Waals surface area contributed by atoms with Crippen LogP contribution >= 0.6 is 47.8 Å². The quantitative estimate of drug-likeness (QED) is 0.0156. The number of carbonyl (C=O) groups is 6. The highest BCUT2D eigenvalue weighted by molar-refractivity contribution is 9.09. The third kappa shape index (κ3) is 53.4. The maximum Gasteiger partial charge on any atom is 0.384 e. The number of unbranched alkanes of at least 4 members (excludes halogenated alkanes) is 17. The first-order valence-corrected chi connectivity index (χ1v) is 45.7. The van der Waals surface area contributed by atoms with Crippen molar-refractivity contribution in [2.45, 2.75) is 292 Å². The van der Waals surface area contributed by atoms with Gasteiger partial charge in [0.05, 0.1) is 42.7 Å². The number of hydrogen-bond donors (Lipinski definition) is 3. The number of carbonyl (C=O) groups excluding carboxylic acids is 6. The highest BCUT2D eigenvalue weighted by Crippen LogP contribution is 2.62. The van der Waals surface area contributed by atoms with E-state index in [-0.39, 0.29) is 29.3 Å². The van der Waals surface area contributed by atoms with E-state index in [9.17, 15) is 167 Å². The zero-order valence-corrected chi connectivity index (χ0v) is 83.8. The van der Waals surface area contributed by atoms with E-state index in [1.54, 1.807) is 51.1 Å². The standard InChI is InChI=1S/C37H63BrO5.C26H27BrF14O5.C18H24BrFO5.C5H7F5O.2CH2F2O.2CH2F2/c1-5-6-7-8-9-10-11-12-13-14-15-16-17-18-19-20-21-25-28-42-35(41)37(4,30-39)31-43-34(40)36(2,3)29-33(38)32-26-23-22-24-27-32;1-18(2,10-15(27)14-8-6-5-7-9-14)16(43)45-12-19(3,11-42)17(44)46-13-21(30,31)23(34,35)25(38,39)26(40,41)24(36,37)22(32,33)20(4,28)29;1-17(2,9-14(19)13-7-5-4-6-8-13)15(22)24-11-18(3,10-21)16(23)25-12-20;1-4(7,8)2-5(9,10)11-3-6;2*2-1-4-3;2*2-1-3/h22-24,26-27,33,39H,5-21,25,28-31H2,1-4H3;5-9,15,42H,10-13H2,1-4H3;4-8,14,21H,9-12H2,1-3H3;2-3H2,1H3;2*1H2;2*1H2. The molecule has 3 rings (SSSR count). The van der Waals surface area contributed by atoms with Crippen molar-refractivity contribution in [1.29, 1.82) is 0 Å². The summed E-state index contributed by atoms with van der Waals surface area (Å²) in [7, 11) is 0. The lowest BCUT2D eigenvalue weighted by Gasteiger charge is -2.42. The number of aliphatic hydroxyl groups excluding tert-OH is 3. The van der Waals surface area contributed by atoms with Crippen LogP contribution in [0.3, 0.4) is 0 Å². The fraction of sp³-hybridized carbons (Fsp3) is 0.733. The van der Waals surface area contributed by atoms with E-state index in [1.165, 1.54) is 117 Å². The van der Waals surface area contributed by atoms with Gasteiger partial charge in [0.25, 0.3) is 5.92 Å². The fourth-order valence-corrected chi connectivity index (χ4v) is 14.6. The van der Waals surface area contributed by atoms with E-state index in [0.29, 0.717) is 33.3 Å². The van der Waals surface area contributed by atoms with E-state index in [4.69, 9.17) is 18.9 Å². The molecule has 0 bridgehead atoms. The second kappa shape index (κ2) is 69.7. The molecule has 0 spiro atoms. The van der Waals surface area contributed by atoms with Crippen molar-refractivity contribution in [2.75, 3.05) is 94.2 Å². The molecule has 3 N–H and O–H groups in total. The van der Waals surface area contributed by atoms with Crippen molar-refractivity contribution >= 4 is 83.6 Å². The van der Waals surface area contributed by atoms with Gasteiger partial charge in [0, 0.05) is 21.4 Å². The zero-order chi connectivity index (χ0) is 109. The van der Waals surface area contributed by atoms with Crippen LogP contribution in [0.25, 0.3) is 0 Å². The monoisotopic (exact) mass is 2270 g/mol. The number of esters is 6. The minimum absolute atomic E-state index is 0.000174. The summed E-state index contributed by atoms with van der Waals surface area (Å²) < 4.78 is 373. The number of halogens is 31. The molecule has 814 valence electrons. The van der Waals surface area contributed by atoms with Crippen LogP contribution in [0.1, 0.15) is 256 Å². The van der Waals surface area contributed by atoms with E-state index in [0.717, 1.165) is 36.0 Å². The van der Waals surface area contributed by atoms with Crippen molar-refractivity contribution in [3.05, 3.63) is 108 Å². The smallest absolute Gasteiger partial charge is 0.384 e. The SMILES string of the molecule is CC(C)(CC(Br)c1ccccc1)C(=O)OCC(C)(CO)C(=O)OCC(F)(F)C(F)(F)C(F)(F)C(F)(F)C(F)(F)C(F)(F)C(C)(F)F.CC(C)(CC(Br)c1ccccc1)C(=O)OCC(C)(CO)C(=O)OCF.CC(F)(F)CC(F)(F)OCF.CCCCCCCCCCCCCCCCCCCCOC(=O)C(C)(CO)COC(=O)C(C)(C)CC(Br)c1ccccc1.FCF.FCF.FCOF.FCOF. The second-order valence-electron chi connectivity index (χ2n) is 34.3. The molecule has 0 saturated carbocycles. The Bertz CT molecular complexity index is 3740. The Hall–Kier alpha value is -6.28. The van der Waals surface area contributed by atoms with Gasteiger partial charge in [0.1, 0.15) is 42.5 Å². The molecule has 0 aliphatic carbocycles. The summed E-state index contributed by atoms with van der Waals surface area (Å²) in [6.07, 6.45) is 18.7. The summed E-state index contributed by atoms with van der Waals surface area (Å²) in [6.45, 7) is -1.67. The van der Waals surface area contributed by atoms with Crippen LogP contribution in [0.5, 0.6) is 0 Å². The van der Waals surface area contributed by atoms with Gasteiger partial charge in [0.2, 0.25) is 34.4 Å². The fourth-order valence-electron chi connectivity index (χ4n) is 11.3. The predicted molar refractivity (Wildman–Crippen MR) is 469 cm³/mol. The topological polar surface area (TPSA) is 246 Å². The van der Waals surface area contributed by atoms with Crippen molar-refractivity contribution < 1.29 is 210 Å². The summed E-state index contributed by atoms with van der Waals surface area (Å²) >= 11 is 10.6. The maximum atomic E-state index is 14.2. The summed E-state index contributed by atoms with van der Waals surface area (Å²) in [6, 6.07) is 28.1. The van der Waals surface area contributed by atoms with Crippen molar-refractivity contribution in [1.82, 2.24) is 0 Å². The van der Waals surface area contributed by atoms with Crippen molar-refractivity contribution in [2.24, 2.45) is 32.5 Å². The van der Waals surface area contributed by atoms with E-state index < -0.39 is 214 Å². The van der Waals surface area contributed by atoms with Gasteiger partial charge < -0.3 is 43.7 Å². The average Bonchev–Trinajstić information content (AvgIpc) is 0.700. The first-order valence-electron chi connectivity index (χ1n) is 43.0. The Kier molecular flexibility index (Phi) is 70.8. The number of aliphatic hydroxyl groups is 3. The Morgan fingerprint density at radius 2 is 0.554 bits per heavy atom. The molecule has 0 aromatic heterocycles. The molecule has 0 fully saturated rings. The molecule has 0 amide bonds. The molecular weight excluding hydrogens is 2140 g/mol. The first-order chi connectivity index (χ1) is 64.0. The van der Waals surface area contributed by atoms with Crippen LogP contribution in [0.15, 0.2) is 91.0 Å². The Labute approximate surface area is 816 Å². The van der Waals surface area contributed by atoms with Gasteiger partial charge in [-0.1, -0.05) is 255 Å². The first kappa shape index (κ1) is 141. The molecule has 6 atom stereocenters. The summed E-state index contributed by atoms with van der Waals surface area (Å²) in [5.74, 6) is -61.9. The summed E-state index contributed by atoms with van der Waals surface area (Å²) in [4.78, 5) is 79.0. The molecule has 0 heterocycles. The number of hydrogen-bond acceptors (Lipinski definition) is 18. The Morgan fingerprint density at radius 3 is 0.791 bits per heavy atom. The lowest BCUT2D eigenvalue weighted by molar-refractivity contribution is -0.441. The van der Waals surface area contributed by atoms with Gasteiger partial charge in [-0.2, -0.15) is 80.1 Å². The van der Waals surface area contributed by atoms with Crippen LogP contribution in [0.4, 0.5) is 123 Å². The number of alkyl halides is 29. The van der Waals surface area contributed by atoms with E-state index in [2.05, 4.69) is 78.8 Å². The Balaban J connectivity index is -0.000000587. The van der Waals surface area contributed by atoms with Crippen LogP contribution in [0, 0.1) is 32.5 Å². The lowest BCUT2D eigenvalue weighted by atomic mass is 9.86. The highest BCUT2D eigenvalue weighted by Gasteiger charge is 2.92. The van der Waals surface area contributed by atoms with E-state index >= 15 is 0 Å². The van der Waals surface area contributed by atoms with Crippen molar-refractivity contribution in [3.63, 3.8) is 0 Å². The highest BCUT2D eigenvalue weighted by atomic mass is 79.9. The molecule has 49 heteroatoms. The Morgan fingerprint density at radius 1 is 0.317 bits per heavy atom. The van der Waals surface area contributed by atoms with Gasteiger partial charge in [-0.05, 0) is 121 Å². The summed E-state index contributed by atoms with van der Waals surface area (Å²) in [5.41, 5.74) is -5.45. The molecule has 0 aliphatic heterocycles. The average molecular weight is 2270 g/mol. The zero-order valence-electron chi connectivity index (χ0n) is 79.0. The minimum Gasteiger partial charge on any atom is -0.465 e. The largest absolute Gasteiger partial charge is 0.465 e. The normalized spacial score (nSPS) is 14.2. The third-order valence-corrected chi connectivity index (χ3v) is 22.6. The molecule has 3 aromatic carbocycles. The lowest BCUT2D eigenvalue weighted by Crippen LogP contribution is -2.73. The van der Waals surface area contributed by atoms with Crippen LogP contribution in [0.2, 0.25) is 0 Å². The summed E-state index contributed by atoms with van der Waals surface area (Å²) in [5, 5.41) is 28.8. The molecule has 0 saturated heterocycles. The van der Waals surface area contributed by atoms with Gasteiger partial charge in [-0.25, -0.2) is 43.9 Å². The van der Waals surface area contributed by atoms with Crippen LogP contribution in [-0.2, 0) is 71.8 Å². The molecule has 139 heavy (non-hydrogen) atoms. The molecule has 18 nitrogen and oxygen atoms in total. The van der Waals surface area contributed by atoms with Gasteiger partial charge in [-0.3, -0.25) is 33.5 Å². The molecule has 0 aliphatic rings. The van der Waals surface area contributed by atoms with Gasteiger partial charge in [-0.15, -0.1) is 0 Å². The molecular formula is C90H129Br3F28O18. The maximum absolute atomic E-state index is 14.2. The molecule has 0 radical (unpaired) electrons. The minimum atomic E-state index is -8.25. The van der Waals surface area contributed by atoms with Gasteiger partial charge >= 0.3 is 83.4 Å². The molecule has 3 aromatic rings. The number of rotatable bonds is 58. The van der Waals surface area contributed by atoms with Crippen LogP contribution < -0.4 is 0 Å².